The van der Waals surface area contributed by atoms with E-state index in [2.05, 4.69) is 52.8 Å². The molecule has 2 N–H and O–H groups in total. The largest absolute Gasteiger partial charge is 0.467 e. The summed E-state index contributed by atoms with van der Waals surface area (Å²) in [5.41, 5.74) is 2.92. The minimum atomic E-state index is -0.260. The first-order valence-electron chi connectivity index (χ1n) is 11.6. The van der Waals surface area contributed by atoms with Crippen molar-refractivity contribution in [2.75, 3.05) is 39.5 Å². The molecule has 2 aromatic carbocycles. The predicted octanol–water partition coefficient (Wildman–Crippen LogP) is 3.63. The van der Waals surface area contributed by atoms with Gasteiger partial charge in [0.15, 0.2) is 12.8 Å². The first-order valence-corrected chi connectivity index (χ1v) is 11.6. The molecule has 1 saturated heterocycles. The molecule has 0 aromatic heterocycles. The maximum Gasteiger partial charge on any atom is 0.191 e. The van der Waals surface area contributed by atoms with Crippen LogP contribution >= 0.6 is 0 Å². The van der Waals surface area contributed by atoms with Crippen LogP contribution in [0.15, 0.2) is 47.5 Å². The van der Waals surface area contributed by atoms with Gasteiger partial charge in [-0.2, -0.15) is 0 Å². The Balaban J connectivity index is 1.41. The number of hydrogen-bond acceptors (Lipinski definition) is 4. The number of hydrogen-bond donors (Lipinski definition) is 2. The van der Waals surface area contributed by atoms with Crippen LogP contribution in [0.25, 0.3) is 0 Å². The summed E-state index contributed by atoms with van der Waals surface area (Å²) in [4.78, 5) is 7.43. The Bertz CT molecular complexity index is 900. The van der Waals surface area contributed by atoms with Gasteiger partial charge in [-0.3, -0.25) is 9.89 Å². The van der Waals surface area contributed by atoms with Gasteiger partial charge in [-0.25, -0.2) is 4.39 Å². The Morgan fingerprint density at radius 2 is 1.97 bits per heavy atom. The third kappa shape index (κ3) is 5.78. The number of rotatable bonds is 8. The lowest BCUT2D eigenvalue weighted by Crippen LogP contribution is -2.39. The van der Waals surface area contributed by atoms with Gasteiger partial charge in [0.2, 0.25) is 0 Å². The Morgan fingerprint density at radius 1 is 1.16 bits per heavy atom. The zero-order valence-corrected chi connectivity index (χ0v) is 18.8. The molecule has 4 rings (SSSR count). The summed E-state index contributed by atoms with van der Waals surface area (Å²) >= 11 is 0. The molecule has 0 spiro atoms. The average molecular weight is 441 g/mol. The van der Waals surface area contributed by atoms with Crippen LogP contribution in [0.3, 0.4) is 0 Å². The van der Waals surface area contributed by atoms with Crippen LogP contribution in [0.5, 0.6) is 5.75 Å². The van der Waals surface area contributed by atoms with Crippen LogP contribution in [-0.2, 0) is 17.8 Å². The first kappa shape index (κ1) is 22.6. The molecular formula is C25H33FN4O2. The Hall–Kier alpha value is -2.64. The number of nitrogens with zero attached hydrogens (tertiary/aromatic N) is 2. The fourth-order valence-corrected chi connectivity index (χ4v) is 4.44. The van der Waals surface area contributed by atoms with Crippen LogP contribution in [0, 0.1) is 5.82 Å². The van der Waals surface area contributed by atoms with Gasteiger partial charge in [-0.05, 0) is 62.5 Å². The summed E-state index contributed by atoms with van der Waals surface area (Å²) < 4.78 is 24.9. The van der Waals surface area contributed by atoms with Crippen molar-refractivity contribution in [3.63, 3.8) is 0 Å². The Morgan fingerprint density at radius 3 is 2.75 bits per heavy atom. The topological polar surface area (TPSA) is 58.1 Å². The summed E-state index contributed by atoms with van der Waals surface area (Å²) in [6, 6.07) is 13.9. The predicted molar refractivity (Wildman–Crippen MR) is 124 cm³/mol. The second kappa shape index (κ2) is 11.3. The second-order valence-corrected chi connectivity index (χ2v) is 8.23. The molecule has 7 heteroatoms. The van der Waals surface area contributed by atoms with Crippen molar-refractivity contribution in [1.82, 2.24) is 15.5 Å². The number of guanidine groups is 1. The summed E-state index contributed by atoms with van der Waals surface area (Å²) in [7, 11) is 0. The Labute approximate surface area is 189 Å². The van der Waals surface area contributed by atoms with Crippen molar-refractivity contribution < 1.29 is 13.9 Å². The fraction of sp³-hybridized carbons (Fsp3) is 0.480. The van der Waals surface area contributed by atoms with E-state index in [4.69, 9.17) is 14.5 Å². The molecule has 0 amide bonds. The summed E-state index contributed by atoms with van der Waals surface area (Å²) in [6.07, 6.45) is 3.13. The van der Waals surface area contributed by atoms with Crippen molar-refractivity contribution >= 4 is 5.96 Å². The SMILES string of the molecule is CCNC(=NCC(c1ccccc1)N1CCCC1)NCCc1cc(F)cc2c1OCOC2. The number of benzene rings is 2. The van der Waals surface area contributed by atoms with Crippen LogP contribution < -0.4 is 15.4 Å². The van der Waals surface area contributed by atoms with E-state index in [1.807, 2.05) is 0 Å². The smallest absolute Gasteiger partial charge is 0.191 e. The highest BCUT2D eigenvalue weighted by atomic mass is 19.1. The van der Waals surface area contributed by atoms with E-state index in [1.54, 1.807) is 6.07 Å². The maximum absolute atomic E-state index is 14.0. The van der Waals surface area contributed by atoms with Crippen molar-refractivity contribution in [1.29, 1.82) is 0 Å². The molecule has 1 atom stereocenters. The molecule has 0 radical (unpaired) electrons. The molecule has 2 aliphatic heterocycles. The van der Waals surface area contributed by atoms with Gasteiger partial charge in [-0.15, -0.1) is 0 Å². The number of ether oxygens (including phenoxy) is 2. The minimum absolute atomic E-state index is 0.209. The Kier molecular flexibility index (Phi) is 7.96. The van der Waals surface area contributed by atoms with Gasteiger partial charge < -0.3 is 20.1 Å². The highest BCUT2D eigenvalue weighted by molar-refractivity contribution is 5.79. The molecule has 2 aliphatic rings. The number of nitrogens with one attached hydrogen (secondary N) is 2. The number of likely N-dealkylation sites (tertiary alicyclic amines) is 1. The van der Waals surface area contributed by atoms with Gasteiger partial charge in [0, 0.05) is 18.7 Å². The zero-order valence-electron chi connectivity index (χ0n) is 18.8. The molecule has 1 unspecified atom stereocenters. The molecule has 2 aromatic rings. The number of fused-ring (bicyclic) bond motifs is 1. The molecule has 32 heavy (non-hydrogen) atoms. The van der Waals surface area contributed by atoms with Crippen LogP contribution in [0.2, 0.25) is 0 Å². The molecular weight excluding hydrogens is 407 g/mol. The fourth-order valence-electron chi connectivity index (χ4n) is 4.44. The van der Waals surface area contributed by atoms with E-state index in [0.29, 0.717) is 26.1 Å². The highest BCUT2D eigenvalue weighted by Crippen LogP contribution is 2.29. The highest BCUT2D eigenvalue weighted by Gasteiger charge is 2.23. The van der Waals surface area contributed by atoms with Gasteiger partial charge in [0.1, 0.15) is 11.6 Å². The number of halogens is 1. The van der Waals surface area contributed by atoms with E-state index < -0.39 is 0 Å². The average Bonchev–Trinajstić information content (AvgIpc) is 3.34. The van der Waals surface area contributed by atoms with Crippen molar-refractivity contribution in [2.45, 2.75) is 38.8 Å². The van der Waals surface area contributed by atoms with Gasteiger partial charge in [0.05, 0.1) is 19.2 Å². The first-order chi connectivity index (χ1) is 15.7. The second-order valence-electron chi connectivity index (χ2n) is 8.23. The van der Waals surface area contributed by atoms with Crippen LogP contribution in [0.4, 0.5) is 4.39 Å². The maximum atomic E-state index is 14.0. The van der Waals surface area contributed by atoms with Crippen molar-refractivity contribution in [3.05, 3.63) is 65.0 Å². The molecule has 1 fully saturated rings. The van der Waals surface area contributed by atoms with Gasteiger partial charge >= 0.3 is 0 Å². The van der Waals surface area contributed by atoms with E-state index in [0.717, 1.165) is 42.5 Å². The molecule has 6 nitrogen and oxygen atoms in total. The summed E-state index contributed by atoms with van der Waals surface area (Å²) in [5.74, 6) is 1.27. The van der Waals surface area contributed by atoms with E-state index in [-0.39, 0.29) is 18.7 Å². The zero-order chi connectivity index (χ0) is 22.2. The van der Waals surface area contributed by atoms with Crippen LogP contribution in [-0.4, -0.2) is 50.4 Å². The lowest BCUT2D eigenvalue weighted by Gasteiger charge is -2.27. The van der Waals surface area contributed by atoms with Gasteiger partial charge in [-0.1, -0.05) is 30.3 Å². The lowest BCUT2D eigenvalue weighted by molar-refractivity contribution is -0.0172. The van der Waals surface area contributed by atoms with E-state index >= 15 is 0 Å². The monoisotopic (exact) mass is 440 g/mol. The standard InChI is InChI=1S/C25H33FN4O2/c1-2-27-25(28-11-10-20-14-22(26)15-21-17-31-18-32-24(20)21)29-16-23(30-12-6-7-13-30)19-8-4-3-5-9-19/h3-5,8-9,14-15,23H,2,6-7,10-13,16-18H2,1H3,(H2,27,28,29). The number of aliphatic imine (C=N–C) groups is 1. The van der Waals surface area contributed by atoms with E-state index in [1.165, 1.54) is 24.5 Å². The lowest BCUT2D eigenvalue weighted by atomic mass is 10.1. The van der Waals surface area contributed by atoms with E-state index in [9.17, 15) is 4.39 Å². The third-order valence-corrected chi connectivity index (χ3v) is 5.97. The summed E-state index contributed by atoms with van der Waals surface area (Å²) in [6.45, 7) is 6.99. The molecule has 0 aliphatic carbocycles. The van der Waals surface area contributed by atoms with Crippen molar-refractivity contribution in [2.24, 2.45) is 4.99 Å². The third-order valence-electron chi connectivity index (χ3n) is 5.97. The molecule has 0 saturated carbocycles. The normalized spacial score (nSPS) is 17.5. The quantitative estimate of drug-likeness (QED) is 0.485. The molecule has 2 heterocycles. The van der Waals surface area contributed by atoms with Crippen molar-refractivity contribution in [3.8, 4) is 5.75 Å². The molecule has 172 valence electrons. The minimum Gasteiger partial charge on any atom is -0.467 e. The van der Waals surface area contributed by atoms with Gasteiger partial charge in [0.25, 0.3) is 0 Å². The molecule has 0 bridgehead atoms. The summed E-state index contributed by atoms with van der Waals surface area (Å²) in [5, 5.41) is 6.74. The van der Waals surface area contributed by atoms with Crippen LogP contribution in [0.1, 0.15) is 42.5 Å².